The summed E-state index contributed by atoms with van der Waals surface area (Å²) in [5.74, 6) is -0.640. The van der Waals surface area contributed by atoms with E-state index in [1.54, 1.807) is 24.3 Å². The Hall–Kier alpha value is -2.76. The quantitative estimate of drug-likeness (QED) is 0.770. The van der Waals surface area contributed by atoms with Crippen LogP contribution in [0.1, 0.15) is 62.0 Å². The first-order chi connectivity index (χ1) is 15.4. The summed E-state index contributed by atoms with van der Waals surface area (Å²) in [6.07, 6.45) is 5.46. The highest BCUT2D eigenvalue weighted by Crippen LogP contribution is 2.47. The maximum absolute atomic E-state index is 14.1. The Balaban J connectivity index is 1.50. The molecule has 2 atom stereocenters. The molecule has 2 aliphatic heterocycles. The van der Waals surface area contributed by atoms with Gasteiger partial charge in [0.2, 0.25) is 11.8 Å². The molecule has 1 spiro atoms. The van der Waals surface area contributed by atoms with Crippen LogP contribution in [0.4, 0.5) is 8.78 Å². The molecule has 2 heterocycles. The maximum atomic E-state index is 14.1. The normalized spacial score (nSPS) is 27.0. The summed E-state index contributed by atoms with van der Waals surface area (Å²) >= 11 is 0. The largest absolute Gasteiger partial charge is 0.348 e. The van der Waals surface area contributed by atoms with E-state index >= 15 is 0 Å². The van der Waals surface area contributed by atoms with Crippen molar-refractivity contribution in [1.29, 1.82) is 0 Å². The number of amides is 2. The molecule has 1 N–H and O–H groups in total. The minimum absolute atomic E-state index is 0.00627. The summed E-state index contributed by atoms with van der Waals surface area (Å²) in [6, 6.07) is 12.7. The van der Waals surface area contributed by atoms with Crippen molar-refractivity contribution in [1.82, 2.24) is 10.2 Å². The number of nitrogens with one attached hydrogen (secondary N) is 1. The average Bonchev–Trinajstić information content (AvgIpc) is 3.41. The molecule has 168 valence electrons. The standard InChI is InChI=1S/C26H28F2N2O2/c27-20-9-5-18(6-10-20)22-16-30(17-26(22)15-3-4-23(31)29-26)24(32)25(13-1-2-14-25)19-7-11-21(28)12-8-19/h5-12,22H,1-4,13-17H2,(H,29,31)/t22-,26+/m0/s1. The van der Waals surface area contributed by atoms with Gasteiger partial charge >= 0.3 is 0 Å². The Morgan fingerprint density at radius 3 is 2.16 bits per heavy atom. The predicted molar refractivity (Wildman–Crippen MR) is 117 cm³/mol. The van der Waals surface area contributed by atoms with Crippen molar-refractivity contribution in [3.05, 3.63) is 71.3 Å². The number of hydrogen-bond acceptors (Lipinski definition) is 2. The number of likely N-dealkylation sites (tertiary alicyclic amines) is 1. The van der Waals surface area contributed by atoms with Crippen LogP contribution in [0, 0.1) is 11.6 Å². The molecule has 0 aromatic heterocycles. The second kappa shape index (κ2) is 7.98. The van der Waals surface area contributed by atoms with Gasteiger partial charge < -0.3 is 10.2 Å². The monoisotopic (exact) mass is 438 g/mol. The van der Waals surface area contributed by atoms with E-state index in [1.165, 1.54) is 24.3 Å². The zero-order chi connectivity index (χ0) is 22.3. The summed E-state index contributed by atoms with van der Waals surface area (Å²) < 4.78 is 27.2. The number of carbonyl (C=O) groups excluding carboxylic acids is 2. The number of piperidine rings is 1. The minimum Gasteiger partial charge on any atom is -0.348 e. The first-order valence-corrected chi connectivity index (χ1v) is 11.5. The molecule has 1 saturated carbocycles. The van der Waals surface area contributed by atoms with Crippen molar-refractivity contribution < 1.29 is 18.4 Å². The van der Waals surface area contributed by atoms with E-state index in [2.05, 4.69) is 5.32 Å². The molecule has 4 nitrogen and oxygen atoms in total. The molecule has 5 rings (SSSR count). The summed E-state index contributed by atoms with van der Waals surface area (Å²) in [6.45, 7) is 0.927. The molecular weight excluding hydrogens is 410 g/mol. The number of carbonyl (C=O) groups is 2. The van der Waals surface area contributed by atoms with Crippen LogP contribution in [0.3, 0.4) is 0 Å². The van der Waals surface area contributed by atoms with Gasteiger partial charge in [-0.05, 0) is 61.1 Å². The lowest BCUT2D eigenvalue weighted by molar-refractivity contribution is -0.137. The lowest BCUT2D eigenvalue weighted by Gasteiger charge is -2.39. The first-order valence-electron chi connectivity index (χ1n) is 11.5. The number of halogens is 2. The van der Waals surface area contributed by atoms with E-state index in [4.69, 9.17) is 0 Å². The molecule has 2 aromatic rings. The zero-order valence-corrected chi connectivity index (χ0v) is 18.1. The zero-order valence-electron chi connectivity index (χ0n) is 18.1. The van der Waals surface area contributed by atoms with E-state index in [0.717, 1.165) is 49.7 Å². The lowest BCUT2D eigenvalue weighted by atomic mass is 9.76. The summed E-state index contributed by atoms with van der Waals surface area (Å²) in [4.78, 5) is 28.3. The molecule has 0 radical (unpaired) electrons. The van der Waals surface area contributed by atoms with Crippen LogP contribution in [0.25, 0.3) is 0 Å². The second-order valence-corrected chi connectivity index (χ2v) is 9.64. The van der Waals surface area contributed by atoms with Gasteiger partial charge in [-0.15, -0.1) is 0 Å². The van der Waals surface area contributed by atoms with Gasteiger partial charge in [-0.25, -0.2) is 8.78 Å². The number of nitrogens with zero attached hydrogens (tertiary/aromatic N) is 1. The van der Waals surface area contributed by atoms with Crippen LogP contribution in [0.5, 0.6) is 0 Å². The Bertz CT molecular complexity index is 1020. The van der Waals surface area contributed by atoms with Crippen molar-refractivity contribution in [2.75, 3.05) is 13.1 Å². The molecule has 2 amide bonds. The summed E-state index contributed by atoms with van der Waals surface area (Å²) in [5.41, 5.74) is 0.621. The highest BCUT2D eigenvalue weighted by atomic mass is 19.1. The molecule has 32 heavy (non-hydrogen) atoms. The smallest absolute Gasteiger partial charge is 0.233 e. The fourth-order valence-corrected chi connectivity index (χ4v) is 6.21. The van der Waals surface area contributed by atoms with Crippen LogP contribution < -0.4 is 5.32 Å². The minimum atomic E-state index is -0.648. The number of rotatable bonds is 3. The Labute approximate surface area is 187 Å². The van der Waals surface area contributed by atoms with E-state index in [1.807, 2.05) is 4.90 Å². The molecule has 3 fully saturated rings. The molecule has 2 aromatic carbocycles. The van der Waals surface area contributed by atoms with Gasteiger partial charge in [0, 0.05) is 25.4 Å². The summed E-state index contributed by atoms with van der Waals surface area (Å²) in [7, 11) is 0. The van der Waals surface area contributed by atoms with E-state index < -0.39 is 11.0 Å². The molecular formula is C26H28F2N2O2. The van der Waals surface area contributed by atoms with Gasteiger partial charge in [0.25, 0.3) is 0 Å². The van der Waals surface area contributed by atoms with E-state index in [9.17, 15) is 18.4 Å². The van der Waals surface area contributed by atoms with Gasteiger partial charge in [-0.2, -0.15) is 0 Å². The Morgan fingerprint density at radius 2 is 1.53 bits per heavy atom. The van der Waals surface area contributed by atoms with E-state index in [-0.39, 0.29) is 29.4 Å². The first kappa shape index (κ1) is 21.1. The SMILES string of the molecule is O=C1CCC[C@]2(CN(C(=O)C3(c4ccc(F)cc4)CCCC3)C[C@H]2c2ccc(F)cc2)N1. The molecule has 3 aliphatic rings. The fraction of sp³-hybridized carbons (Fsp3) is 0.462. The highest BCUT2D eigenvalue weighted by Gasteiger charge is 2.54. The van der Waals surface area contributed by atoms with Gasteiger partial charge in [0.15, 0.2) is 0 Å². The van der Waals surface area contributed by atoms with Crippen molar-refractivity contribution in [2.45, 2.75) is 61.8 Å². The number of hydrogen-bond donors (Lipinski definition) is 1. The molecule has 0 bridgehead atoms. The van der Waals surface area contributed by atoms with Crippen LogP contribution in [-0.2, 0) is 15.0 Å². The number of benzene rings is 2. The van der Waals surface area contributed by atoms with Crippen molar-refractivity contribution in [2.24, 2.45) is 0 Å². The topological polar surface area (TPSA) is 49.4 Å². The molecule has 6 heteroatoms. The van der Waals surface area contributed by atoms with Crippen LogP contribution in [0.15, 0.2) is 48.5 Å². The van der Waals surface area contributed by atoms with Crippen molar-refractivity contribution in [3.8, 4) is 0 Å². The second-order valence-electron chi connectivity index (χ2n) is 9.64. The van der Waals surface area contributed by atoms with Gasteiger partial charge in [-0.1, -0.05) is 37.1 Å². The summed E-state index contributed by atoms with van der Waals surface area (Å²) in [5, 5.41) is 3.21. The van der Waals surface area contributed by atoms with Crippen molar-refractivity contribution >= 4 is 11.8 Å². The Morgan fingerprint density at radius 1 is 0.906 bits per heavy atom. The molecule has 0 unspecified atom stereocenters. The van der Waals surface area contributed by atoms with Gasteiger partial charge in [-0.3, -0.25) is 9.59 Å². The van der Waals surface area contributed by atoms with Crippen molar-refractivity contribution in [3.63, 3.8) is 0 Å². The third-order valence-corrected chi connectivity index (χ3v) is 7.78. The molecule has 1 aliphatic carbocycles. The van der Waals surface area contributed by atoms with Crippen LogP contribution in [-0.4, -0.2) is 35.3 Å². The van der Waals surface area contributed by atoms with Crippen LogP contribution in [0.2, 0.25) is 0 Å². The van der Waals surface area contributed by atoms with Gasteiger partial charge in [0.1, 0.15) is 11.6 Å². The average molecular weight is 439 g/mol. The van der Waals surface area contributed by atoms with Gasteiger partial charge in [0.05, 0.1) is 11.0 Å². The predicted octanol–water partition coefficient (Wildman–Crippen LogP) is 4.44. The fourth-order valence-electron chi connectivity index (χ4n) is 6.21. The van der Waals surface area contributed by atoms with Crippen LogP contribution >= 0.6 is 0 Å². The van der Waals surface area contributed by atoms with E-state index in [0.29, 0.717) is 19.5 Å². The highest BCUT2D eigenvalue weighted by molar-refractivity contribution is 5.89. The Kier molecular flexibility index (Phi) is 5.26. The maximum Gasteiger partial charge on any atom is 0.233 e. The third-order valence-electron chi connectivity index (χ3n) is 7.78. The third kappa shape index (κ3) is 3.50. The molecule has 2 saturated heterocycles. The lowest BCUT2D eigenvalue weighted by Crippen LogP contribution is -2.57.